The zero-order valence-electron chi connectivity index (χ0n) is 12.8. The smallest absolute Gasteiger partial charge is 0.265 e. The number of benzene rings is 2. The average Bonchev–Trinajstić information content (AvgIpc) is 3.09. The summed E-state index contributed by atoms with van der Waals surface area (Å²) in [7, 11) is 0. The molecule has 25 heavy (non-hydrogen) atoms. The molecule has 3 rings (SSSR count). The largest absolute Gasteiger partial charge is 0.322 e. The number of thiophene rings is 1. The Labute approximate surface area is 167 Å². The second kappa shape index (κ2) is 7.99. The first-order chi connectivity index (χ1) is 12.0. The lowest BCUT2D eigenvalue weighted by molar-refractivity contribution is 0.102. The first kappa shape index (κ1) is 17.9. The Kier molecular flexibility index (Phi) is 5.72. The van der Waals surface area contributed by atoms with Crippen LogP contribution >= 0.6 is 45.5 Å². The van der Waals surface area contributed by atoms with Gasteiger partial charge in [0.2, 0.25) is 0 Å². The molecule has 2 amide bonds. The van der Waals surface area contributed by atoms with Gasteiger partial charge in [-0.25, -0.2) is 0 Å². The summed E-state index contributed by atoms with van der Waals surface area (Å²) < 4.78 is 0.768. The Hall–Kier alpha value is -1.90. The highest BCUT2D eigenvalue weighted by Crippen LogP contribution is 2.21. The fraction of sp³-hybridized carbons (Fsp3) is 0. The van der Waals surface area contributed by atoms with Crippen molar-refractivity contribution >= 4 is 68.7 Å². The molecule has 0 aliphatic heterocycles. The number of carbonyl (C=O) groups is 2. The summed E-state index contributed by atoms with van der Waals surface area (Å²) in [4.78, 5) is 25.2. The van der Waals surface area contributed by atoms with Crippen LogP contribution in [0.2, 0.25) is 5.02 Å². The van der Waals surface area contributed by atoms with Crippen LogP contribution in [0.15, 0.2) is 60.0 Å². The summed E-state index contributed by atoms with van der Waals surface area (Å²) in [6, 6.07) is 15.7. The van der Waals surface area contributed by atoms with E-state index in [1.807, 2.05) is 11.4 Å². The molecule has 0 spiro atoms. The monoisotopic (exact) mass is 482 g/mol. The van der Waals surface area contributed by atoms with E-state index in [2.05, 4.69) is 33.2 Å². The normalized spacial score (nSPS) is 10.3. The standard InChI is InChI=1S/C18H12ClIN2O2S/c19-11-6-7-14(15(20)9-11)17(23)21-12-3-1-4-13(10-12)22-18(24)16-5-2-8-25-16/h1-10H,(H,21,23)(H,22,24). The van der Waals surface area contributed by atoms with Gasteiger partial charge in [0.15, 0.2) is 0 Å². The Morgan fingerprint density at radius 2 is 1.64 bits per heavy atom. The molecule has 0 saturated heterocycles. The van der Waals surface area contributed by atoms with E-state index in [9.17, 15) is 9.59 Å². The molecular formula is C18H12ClIN2O2S. The maximum atomic E-state index is 12.4. The third-order valence-electron chi connectivity index (χ3n) is 3.30. The summed E-state index contributed by atoms with van der Waals surface area (Å²) in [5, 5.41) is 8.08. The predicted molar refractivity (Wildman–Crippen MR) is 111 cm³/mol. The number of nitrogens with one attached hydrogen (secondary N) is 2. The molecule has 0 saturated carbocycles. The first-order valence-electron chi connectivity index (χ1n) is 7.24. The number of hydrogen-bond acceptors (Lipinski definition) is 3. The van der Waals surface area contributed by atoms with Crippen LogP contribution in [0.4, 0.5) is 11.4 Å². The molecule has 2 aromatic carbocycles. The first-order valence-corrected chi connectivity index (χ1v) is 9.58. The summed E-state index contributed by atoms with van der Waals surface area (Å²) in [6.07, 6.45) is 0. The van der Waals surface area contributed by atoms with Crippen LogP contribution in [0, 0.1) is 3.57 Å². The van der Waals surface area contributed by atoms with Gasteiger partial charge in [-0.3, -0.25) is 9.59 Å². The Morgan fingerprint density at radius 1 is 0.920 bits per heavy atom. The van der Waals surface area contributed by atoms with E-state index in [1.54, 1.807) is 48.5 Å². The zero-order chi connectivity index (χ0) is 17.8. The van der Waals surface area contributed by atoms with Crippen LogP contribution in [-0.4, -0.2) is 11.8 Å². The molecule has 1 aromatic heterocycles. The van der Waals surface area contributed by atoms with Crippen molar-refractivity contribution in [1.29, 1.82) is 0 Å². The van der Waals surface area contributed by atoms with E-state index >= 15 is 0 Å². The lowest BCUT2D eigenvalue weighted by Gasteiger charge is -2.09. The van der Waals surface area contributed by atoms with Gasteiger partial charge in [0, 0.05) is 20.0 Å². The average molecular weight is 483 g/mol. The number of rotatable bonds is 4. The molecular weight excluding hydrogens is 471 g/mol. The van der Waals surface area contributed by atoms with Gasteiger partial charge < -0.3 is 10.6 Å². The Morgan fingerprint density at radius 3 is 2.28 bits per heavy atom. The van der Waals surface area contributed by atoms with E-state index in [0.29, 0.717) is 26.8 Å². The van der Waals surface area contributed by atoms with Crippen LogP contribution in [0.5, 0.6) is 0 Å². The minimum atomic E-state index is -0.234. The predicted octanol–water partition coefficient (Wildman–Crippen LogP) is 5.51. The zero-order valence-corrected chi connectivity index (χ0v) is 16.5. The van der Waals surface area contributed by atoms with E-state index in [4.69, 9.17) is 11.6 Å². The molecule has 7 heteroatoms. The highest BCUT2D eigenvalue weighted by molar-refractivity contribution is 14.1. The number of carbonyl (C=O) groups excluding carboxylic acids is 2. The molecule has 0 atom stereocenters. The molecule has 126 valence electrons. The Balaban J connectivity index is 1.73. The highest BCUT2D eigenvalue weighted by atomic mass is 127. The summed E-state index contributed by atoms with van der Waals surface area (Å²) in [5.74, 6) is -0.409. The van der Waals surface area contributed by atoms with Gasteiger partial charge in [0.1, 0.15) is 0 Å². The van der Waals surface area contributed by atoms with Gasteiger partial charge >= 0.3 is 0 Å². The van der Waals surface area contributed by atoms with E-state index in [-0.39, 0.29) is 11.8 Å². The summed E-state index contributed by atoms with van der Waals surface area (Å²) in [5.41, 5.74) is 1.75. The van der Waals surface area contributed by atoms with Crippen LogP contribution in [0.3, 0.4) is 0 Å². The summed E-state index contributed by atoms with van der Waals surface area (Å²) in [6.45, 7) is 0. The lowest BCUT2D eigenvalue weighted by Crippen LogP contribution is -2.14. The molecule has 0 bridgehead atoms. The summed E-state index contributed by atoms with van der Waals surface area (Å²) >= 11 is 9.36. The minimum absolute atomic E-state index is 0.175. The second-order valence-corrected chi connectivity index (χ2v) is 7.64. The molecule has 0 aliphatic rings. The maximum Gasteiger partial charge on any atom is 0.265 e. The topological polar surface area (TPSA) is 58.2 Å². The molecule has 0 unspecified atom stereocenters. The third kappa shape index (κ3) is 4.59. The molecule has 1 heterocycles. The molecule has 0 radical (unpaired) electrons. The van der Waals surface area contributed by atoms with Gasteiger partial charge in [-0.15, -0.1) is 11.3 Å². The van der Waals surface area contributed by atoms with Crippen molar-refractivity contribution in [2.75, 3.05) is 10.6 Å². The van der Waals surface area contributed by atoms with Gasteiger partial charge in [-0.05, 0) is 70.4 Å². The molecule has 4 nitrogen and oxygen atoms in total. The molecule has 0 aliphatic carbocycles. The fourth-order valence-corrected chi connectivity index (χ4v) is 3.88. The van der Waals surface area contributed by atoms with Crippen molar-refractivity contribution in [3.8, 4) is 0 Å². The van der Waals surface area contributed by atoms with Gasteiger partial charge in [0.25, 0.3) is 11.8 Å². The quantitative estimate of drug-likeness (QED) is 0.482. The molecule has 0 fully saturated rings. The van der Waals surface area contributed by atoms with Crippen LogP contribution in [0.1, 0.15) is 20.0 Å². The number of amides is 2. The van der Waals surface area contributed by atoms with Crippen LogP contribution in [0.25, 0.3) is 0 Å². The van der Waals surface area contributed by atoms with Crippen molar-refractivity contribution in [3.63, 3.8) is 0 Å². The van der Waals surface area contributed by atoms with Crippen molar-refractivity contribution in [2.24, 2.45) is 0 Å². The van der Waals surface area contributed by atoms with Crippen molar-refractivity contribution in [3.05, 3.63) is 79.0 Å². The van der Waals surface area contributed by atoms with E-state index < -0.39 is 0 Å². The van der Waals surface area contributed by atoms with Crippen LogP contribution < -0.4 is 10.6 Å². The van der Waals surface area contributed by atoms with Gasteiger partial charge in [-0.2, -0.15) is 0 Å². The lowest BCUT2D eigenvalue weighted by atomic mass is 10.2. The van der Waals surface area contributed by atoms with Crippen molar-refractivity contribution in [1.82, 2.24) is 0 Å². The van der Waals surface area contributed by atoms with Crippen molar-refractivity contribution in [2.45, 2.75) is 0 Å². The molecule has 3 aromatic rings. The maximum absolute atomic E-state index is 12.4. The second-order valence-electron chi connectivity index (χ2n) is 5.09. The van der Waals surface area contributed by atoms with Gasteiger partial charge in [0.05, 0.1) is 10.4 Å². The van der Waals surface area contributed by atoms with Crippen LogP contribution in [-0.2, 0) is 0 Å². The minimum Gasteiger partial charge on any atom is -0.322 e. The number of hydrogen-bond donors (Lipinski definition) is 2. The SMILES string of the molecule is O=C(Nc1cccc(NC(=O)c2ccc(Cl)cc2I)c1)c1cccs1. The Bertz CT molecular complexity index is 929. The number of anilines is 2. The third-order valence-corrected chi connectivity index (χ3v) is 5.30. The molecule has 2 N–H and O–H groups in total. The fourth-order valence-electron chi connectivity index (χ4n) is 2.15. The van der Waals surface area contributed by atoms with Crippen molar-refractivity contribution < 1.29 is 9.59 Å². The number of halogens is 2. The van der Waals surface area contributed by atoms with Gasteiger partial charge in [-0.1, -0.05) is 23.7 Å². The highest BCUT2D eigenvalue weighted by Gasteiger charge is 2.12. The van der Waals surface area contributed by atoms with E-state index in [1.165, 1.54) is 11.3 Å². The van der Waals surface area contributed by atoms with E-state index in [0.717, 1.165) is 3.57 Å².